The number of aromatic nitrogens is 2. The normalized spacial score (nSPS) is 12.9. The lowest BCUT2D eigenvalue weighted by Crippen LogP contribution is -2.38. The predicted octanol–water partition coefficient (Wildman–Crippen LogP) is 6.89. The molecular weight excluding hydrogens is 454 g/mol. The first-order chi connectivity index (χ1) is 17.2. The van der Waals surface area contributed by atoms with Crippen LogP contribution in [0.2, 0.25) is 19.6 Å². The van der Waals surface area contributed by atoms with E-state index in [0.29, 0.717) is 0 Å². The largest absolute Gasteiger partial charge is 0.375 e. The number of para-hydroxylation sites is 1. The molecule has 4 aromatic carbocycles. The Morgan fingerprint density at radius 1 is 0.778 bits per heavy atom. The molecule has 4 heteroatoms. The van der Waals surface area contributed by atoms with Crippen molar-refractivity contribution in [2.45, 2.75) is 26.6 Å². The minimum absolute atomic E-state index is 1.29. The summed E-state index contributed by atoms with van der Waals surface area (Å²) in [6.07, 6.45) is 2.25. The standard InChI is InChI=1S/C32H32N3Si/c1-19-21-12-8-9-13-22(21)29(33(2)3)32-26(19)30-27-20(16-17-34(30)4)18-25(36(5,6)7)28-23-14-10-11-15-24(23)35(32)31(27)28/h8-18H,1-7H3/q+1. The second-order valence-electron chi connectivity index (χ2n) is 11.6. The van der Waals surface area contributed by atoms with E-state index in [2.05, 4.69) is 128 Å². The van der Waals surface area contributed by atoms with Gasteiger partial charge in [-0.15, -0.1) is 0 Å². The van der Waals surface area contributed by atoms with Crippen molar-refractivity contribution in [3.8, 4) is 0 Å². The van der Waals surface area contributed by atoms with E-state index in [-0.39, 0.29) is 0 Å². The number of pyridine rings is 2. The van der Waals surface area contributed by atoms with Crippen molar-refractivity contribution in [1.82, 2.24) is 4.40 Å². The molecule has 0 aliphatic carbocycles. The molecule has 3 heterocycles. The van der Waals surface area contributed by atoms with Gasteiger partial charge in [-0.25, -0.2) is 4.57 Å². The molecule has 0 aliphatic heterocycles. The molecule has 0 saturated carbocycles. The molecule has 0 amide bonds. The molecule has 0 spiro atoms. The SMILES string of the molecule is Cc1c2ccccc2c(N(C)C)c2c1c1c3c(cc[n+]1C)cc([Si](C)(C)C)c1c4ccccc4n2c13. The Kier molecular flexibility index (Phi) is 4.20. The molecule has 0 unspecified atom stereocenters. The summed E-state index contributed by atoms with van der Waals surface area (Å²) in [5, 5.41) is 11.1. The Labute approximate surface area is 212 Å². The molecule has 178 valence electrons. The number of benzene rings is 4. The second kappa shape index (κ2) is 6.98. The molecule has 36 heavy (non-hydrogen) atoms. The van der Waals surface area contributed by atoms with Gasteiger partial charge in [0.15, 0.2) is 6.20 Å². The molecule has 3 nitrogen and oxygen atoms in total. The third kappa shape index (κ3) is 2.55. The molecule has 0 N–H and O–H groups in total. The zero-order valence-corrected chi connectivity index (χ0v) is 23.2. The van der Waals surface area contributed by atoms with Gasteiger partial charge in [-0.05, 0) is 34.5 Å². The summed E-state index contributed by atoms with van der Waals surface area (Å²) < 4.78 is 4.95. The van der Waals surface area contributed by atoms with E-state index in [4.69, 9.17) is 0 Å². The van der Waals surface area contributed by atoms with Crippen LogP contribution in [0.1, 0.15) is 5.56 Å². The van der Waals surface area contributed by atoms with Crippen LogP contribution in [0.3, 0.4) is 0 Å². The van der Waals surface area contributed by atoms with E-state index in [0.717, 1.165) is 0 Å². The lowest BCUT2D eigenvalue weighted by molar-refractivity contribution is -0.643. The van der Waals surface area contributed by atoms with Crippen molar-refractivity contribution in [3.63, 3.8) is 0 Å². The van der Waals surface area contributed by atoms with Crippen molar-refractivity contribution in [2.75, 3.05) is 19.0 Å². The summed E-state index contributed by atoms with van der Waals surface area (Å²) in [7, 11) is 4.95. The fourth-order valence-corrected chi connectivity index (χ4v) is 8.26. The van der Waals surface area contributed by atoms with Crippen molar-refractivity contribution >= 4 is 78.7 Å². The first-order valence-corrected chi connectivity index (χ1v) is 16.3. The minimum atomic E-state index is -1.64. The Balaban J connectivity index is 2.00. The van der Waals surface area contributed by atoms with Crippen LogP contribution in [-0.4, -0.2) is 26.6 Å². The number of rotatable bonds is 2. The van der Waals surface area contributed by atoms with Crippen LogP contribution >= 0.6 is 0 Å². The molecular formula is C32H32N3Si+. The maximum atomic E-state index is 2.60. The highest BCUT2D eigenvalue weighted by Gasteiger charge is 2.31. The monoisotopic (exact) mass is 486 g/mol. The smallest absolute Gasteiger partial charge is 0.224 e. The number of hydrogen-bond acceptors (Lipinski definition) is 1. The summed E-state index contributed by atoms with van der Waals surface area (Å²) >= 11 is 0. The van der Waals surface area contributed by atoms with E-state index in [1.807, 2.05) is 0 Å². The fraction of sp³-hybridized carbons (Fsp3) is 0.219. The molecule has 7 aromatic rings. The van der Waals surface area contributed by atoms with Crippen molar-refractivity contribution < 1.29 is 4.57 Å². The Hall–Kier alpha value is -3.63. The van der Waals surface area contributed by atoms with Crippen LogP contribution in [0, 0.1) is 6.92 Å². The van der Waals surface area contributed by atoms with Gasteiger partial charge in [-0.2, -0.15) is 0 Å². The highest BCUT2D eigenvalue weighted by atomic mass is 28.3. The number of nitrogens with zero attached hydrogens (tertiary/aromatic N) is 3. The van der Waals surface area contributed by atoms with Crippen molar-refractivity contribution in [2.24, 2.45) is 7.05 Å². The molecule has 0 radical (unpaired) electrons. The summed E-state index contributed by atoms with van der Waals surface area (Å²) in [5.74, 6) is 0. The highest BCUT2D eigenvalue weighted by molar-refractivity contribution is 6.91. The van der Waals surface area contributed by atoms with Crippen molar-refractivity contribution in [3.05, 3.63) is 72.4 Å². The lowest BCUT2D eigenvalue weighted by atomic mass is 9.94. The van der Waals surface area contributed by atoms with Crippen LogP contribution < -0.4 is 14.7 Å². The second-order valence-corrected chi connectivity index (χ2v) is 16.7. The number of fused-ring (bicyclic) bond motifs is 7. The number of hydrogen-bond donors (Lipinski definition) is 0. The van der Waals surface area contributed by atoms with Gasteiger partial charge in [0.2, 0.25) is 5.52 Å². The zero-order valence-electron chi connectivity index (χ0n) is 22.2. The molecule has 0 bridgehead atoms. The lowest BCUT2D eigenvalue weighted by Gasteiger charge is -2.24. The van der Waals surface area contributed by atoms with Crippen LogP contribution in [0.15, 0.2) is 66.9 Å². The molecule has 0 aliphatic rings. The quantitative estimate of drug-likeness (QED) is 0.112. The number of aryl methyl sites for hydroxylation is 2. The molecule has 0 saturated heterocycles. The Morgan fingerprint density at radius 3 is 2.14 bits per heavy atom. The zero-order chi connectivity index (χ0) is 25.1. The van der Waals surface area contributed by atoms with Gasteiger partial charge in [0.1, 0.15) is 7.05 Å². The van der Waals surface area contributed by atoms with E-state index in [1.165, 1.54) is 71.0 Å². The topological polar surface area (TPSA) is 11.5 Å². The van der Waals surface area contributed by atoms with Gasteiger partial charge in [0.25, 0.3) is 0 Å². The summed E-state index contributed by atoms with van der Waals surface area (Å²) in [6.45, 7) is 9.74. The van der Waals surface area contributed by atoms with Gasteiger partial charge in [0.05, 0.1) is 41.1 Å². The minimum Gasteiger partial charge on any atom is -0.375 e. The van der Waals surface area contributed by atoms with Gasteiger partial charge >= 0.3 is 0 Å². The maximum Gasteiger partial charge on any atom is 0.224 e. The molecule has 3 aromatic heterocycles. The van der Waals surface area contributed by atoms with E-state index < -0.39 is 8.07 Å². The maximum absolute atomic E-state index is 2.60. The van der Waals surface area contributed by atoms with E-state index in [1.54, 1.807) is 5.19 Å². The first kappa shape index (κ1) is 21.6. The van der Waals surface area contributed by atoms with Crippen LogP contribution in [0.4, 0.5) is 5.69 Å². The third-order valence-corrected chi connectivity index (χ3v) is 10.2. The van der Waals surface area contributed by atoms with E-state index in [9.17, 15) is 0 Å². The summed E-state index contributed by atoms with van der Waals surface area (Å²) in [5.41, 5.74) is 7.95. The molecule has 7 rings (SSSR count). The number of anilines is 1. The summed E-state index contributed by atoms with van der Waals surface area (Å²) in [6, 6.07) is 22.8. The van der Waals surface area contributed by atoms with Crippen molar-refractivity contribution in [1.29, 1.82) is 0 Å². The van der Waals surface area contributed by atoms with Crippen LogP contribution in [0.25, 0.3) is 59.8 Å². The molecule has 0 fully saturated rings. The van der Waals surface area contributed by atoms with Gasteiger partial charge in [-0.1, -0.05) is 68.2 Å². The summed E-state index contributed by atoms with van der Waals surface area (Å²) in [4.78, 5) is 2.31. The van der Waals surface area contributed by atoms with E-state index >= 15 is 0 Å². The van der Waals surface area contributed by atoms with Gasteiger partial charge in [0, 0.05) is 36.3 Å². The first-order valence-electron chi connectivity index (χ1n) is 12.8. The van der Waals surface area contributed by atoms with Crippen LogP contribution in [0.5, 0.6) is 0 Å². The van der Waals surface area contributed by atoms with Gasteiger partial charge in [-0.3, -0.25) is 0 Å². The predicted molar refractivity (Wildman–Crippen MR) is 159 cm³/mol. The third-order valence-electron chi connectivity index (χ3n) is 8.17. The van der Waals surface area contributed by atoms with Gasteiger partial charge < -0.3 is 9.30 Å². The average molecular weight is 487 g/mol. The fourth-order valence-electron chi connectivity index (χ4n) is 6.67. The highest BCUT2D eigenvalue weighted by Crippen LogP contribution is 2.46. The average Bonchev–Trinajstić information content (AvgIpc) is 3.19. The molecule has 0 atom stereocenters. The van der Waals surface area contributed by atoms with Crippen LogP contribution in [-0.2, 0) is 7.05 Å². The Bertz CT molecular complexity index is 2020. The Morgan fingerprint density at radius 2 is 1.44 bits per heavy atom.